The molecular formula is C18H30N2. The molecule has 1 saturated heterocycles. The van der Waals surface area contributed by atoms with Crippen LogP contribution < -0.4 is 5.32 Å². The first kappa shape index (κ1) is 15.5. The lowest BCUT2D eigenvalue weighted by Crippen LogP contribution is -2.35. The van der Waals surface area contributed by atoms with E-state index in [1.165, 1.54) is 37.1 Å². The van der Waals surface area contributed by atoms with E-state index < -0.39 is 0 Å². The Kier molecular flexibility index (Phi) is 5.22. The molecule has 1 heterocycles. The summed E-state index contributed by atoms with van der Waals surface area (Å²) in [6, 6.07) is 8.88. The first-order chi connectivity index (χ1) is 9.48. The summed E-state index contributed by atoms with van der Waals surface area (Å²) in [6.45, 7) is 13.6. The second-order valence-corrected chi connectivity index (χ2v) is 7.17. The van der Waals surface area contributed by atoms with Crippen LogP contribution in [0.25, 0.3) is 0 Å². The lowest BCUT2D eigenvalue weighted by atomic mass is 10.0. The average molecular weight is 274 g/mol. The third kappa shape index (κ3) is 4.60. The van der Waals surface area contributed by atoms with Crippen LogP contribution in [0.15, 0.2) is 24.3 Å². The monoisotopic (exact) mass is 274 g/mol. The number of nitrogens with zero attached hydrogens (tertiary/aromatic N) is 1. The van der Waals surface area contributed by atoms with E-state index in [0.717, 1.165) is 19.0 Å². The summed E-state index contributed by atoms with van der Waals surface area (Å²) in [5.41, 5.74) is 3.11. The standard InChI is InChI=1S/C18H30N2/c1-5-15-10-11-20(13-15)14-17-9-7-6-8-16(17)12-19-18(2,3)4/h6-9,15,19H,5,10-14H2,1-4H3. The van der Waals surface area contributed by atoms with Gasteiger partial charge in [-0.25, -0.2) is 0 Å². The first-order valence-corrected chi connectivity index (χ1v) is 8.02. The fourth-order valence-electron chi connectivity index (χ4n) is 2.88. The van der Waals surface area contributed by atoms with Gasteiger partial charge in [0.15, 0.2) is 0 Å². The van der Waals surface area contributed by atoms with E-state index in [2.05, 4.69) is 62.2 Å². The summed E-state index contributed by atoms with van der Waals surface area (Å²) in [7, 11) is 0. The SMILES string of the molecule is CCC1CCN(Cc2ccccc2CNC(C)(C)C)C1. The number of rotatable bonds is 5. The number of nitrogens with one attached hydrogen (secondary N) is 1. The van der Waals surface area contributed by atoms with Gasteiger partial charge in [0, 0.05) is 25.2 Å². The molecule has 2 nitrogen and oxygen atoms in total. The smallest absolute Gasteiger partial charge is 0.0237 e. The van der Waals surface area contributed by atoms with E-state index >= 15 is 0 Å². The zero-order chi connectivity index (χ0) is 14.6. The highest BCUT2D eigenvalue weighted by atomic mass is 15.1. The van der Waals surface area contributed by atoms with Crippen molar-refractivity contribution in [3.05, 3.63) is 35.4 Å². The van der Waals surface area contributed by atoms with Crippen molar-refractivity contribution in [3.8, 4) is 0 Å². The second-order valence-electron chi connectivity index (χ2n) is 7.17. The van der Waals surface area contributed by atoms with Crippen molar-refractivity contribution in [2.24, 2.45) is 5.92 Å². The Bertz CT molecular complexity index is 420. The Morgan fingerprint density at radius 1 is 1.20 bits per heavy atom. The zero-order valence-electron chi connectivity index (χ0n) is 13.6. The molecule has 0 aromatic heterocycles. The number of likely N-dealkylation sites (tertiary alicyclic amines) is 1. The molecule has 0 spiro atoms. The van der Waals surface area contributed by atoms with Crippen LogP contribution in [0.2, 0.25) is 0 Å². The first-order valence-electron chi connectivity index (χ1n) is 8.02. The van der Waals surface area contributed by atoms with Gasteiger partial charge in [-0.1, -0.05) is 37.6 Å². The Hall–Kier alpha value is -0.860. The molecule has 1 aromatic carbocycles. The van der Waals surface area contributed by atoms with Gasteiger partial charge in [0.2, 0.25) is 0 Å². The van der Waals surface area contributed by atoms with Gasteiger partial charge in [0.1, 0.15) is 0 Å². The second kappa shape index (κ2) is 6.73. The molecule has 2 rings (SSSR count). The van der Waals surface area contributed by atoms with E-state index in [0.29, 0.717) is 0 Å². The molecule has 1 atom stereocenters. The lowest BCUT2D eigenvalue weighted by Gasteiger charge is -2.23. The van der Waals surface area contributed by atoms with Crippen molar-refractivity contribution >= 4 is 0 Å². The van der Waals surface area contributed by atoms with Gasteiger partial charge in [-0.3, -0.25) is 4.90 Å². The molecule has 1 fully saturated rings. The topological polar surface area (TPSA) is 15.3 Å². The van der Waals surface area contributed by atoms with Gasteiger partial charge < -0.3 is 5.32 Å². The maximum absolute atomic E-state index is 3.60. The summed E-state index contributed by atoms with van der Waals surface area (Å²) in [5, 5.41) is 3.60. The summed E-state index contributed by atoms with van der Waals surface area (Å²) in [6.07, 6.45) is 2.70. The molecule has 112 valence electrons. The van der Waals surface area contributed by atoms with Crippen molar-refractivity contribution in [1.82, 2.24) is 10.2 Å². The molecule has 0 bridgehead atoms. The maximum atomic E-state index is 3.60. The minimum atomic E-state index is 0.175. The maximum Gasteiger partial charge on any atom is 0.0237 e. The van der Waals surface area contributed by atoms with Crippen LogP contribution in [0.5, 0.6) is 0 Å². The number of hydrogen-bond acceptors (Lipinski definition) is 2. The van der Waals surface area contributed by atoms with E-state index in [1.807, 2.05) is 0 Å². The van der Waals surface area contributed by atoms with E-state index in [4.69, 9.17) is 0 Å². The van der Waals surface area contributed by atoms with Crippen LogP contribution in [0.1, 0.15) is 51.7 Å². The fourth-order valence-corrected chi connectivity index (χ4v) is 2.88. The minimum absolute atomic E-state index is 0.175. The molecule has 0 amide bonds. The molecule has 20 heavy (non-hydrogen) atoms. The molecular weight excluding hydrogens is 244 g/mol. The summed E-state index contributed by atoms with van der Waals surface area (Å²) >= 11 is 0. The van der Waals surface area contributed by atoms with Gasteiger partial charge in [-0.15, -0.1) is 0 Å². The highest BCUT2D eigenvalue weighted by Crippen LogP contribution is 2.22. The van der Waals surface area contributed by atoms with Crippen molar-refractivity contribution < 1.29 is 0 Å². The number of hydrogen-bond donors (Lipinski definition) is 1. The van der Waals surface area contributed by atoms with Gasteiger partial charge in [-0.05, 0) is 50.8 Å². The van der Waals surface area contributed by atoms with Crippen LogP contribution in [0.4, 0.5) is 0 Å². The zero-order valence-corrected chi connectivity index (χ0v) is 13.6. The molecule has 0 aliphatic carbocycles. The largest absolute Gasteiger partial charge is 0.308 e. The number of benzene rings is 1. The van der Waals surface area contributed by atoms with Crippen LogP contribution >= 0.6 is 0 Å². The Labute approximate surface area is 124 Å². The highest BCUT2D eigenvalue weighted by Gasteiger charge is 2.21. The van der Waals surface area contributed by atoms with E-state index in [1.54, 1.807) is 0 Å². The molecule has 1 aromatic rings. The predicted molar refractivity (Wildman–Crippen MR) is 86.7 cm³/mol. The molecule has 0 saturated carbocycles. The average Bonchev–Trinajstić information content (AvgIpc) is 2.84. The summed E-state index contributed by atoms with van der Waals surface area (Å²) in [4.78, 5) is 2.62. The highest BCUT2D eigenvalue weighted by molar-refractivity contribution is 5.27. The minimum Gasteiger partial charge on any atom is -0.308 e. The van der Waals surface area contributed by atoms with Crippen molar-refractivity contribution in [2.45, 2.75) is 59.2 Å². The molecule has 1 unspecified atom stereocenters. The van der Waals surface area contributed by atoms with Gasteiger partial charge >= 0.3 is 0 Å². The van der Waals surface area contributed by atoms with Crippen molar-refractivity contribution in [2.75, 3.05) is 13.1 Å². The van der Waals surface area contributed by atoms with Crippen LogP contribution in [-0.2, 0) is 13.1 Å². The lowest BCUT2D eigenvalue weighted by molar-refractivity contribution is 0.313. The van der Waals surface area contributed by atoms with Gasteiger partial charge in [0.05, 0.1) is 0 Å². The van der Waals surface area contributed by atoms with Gasteiger partial charge in [-0.2, -0.15) is 0 Å². The van der Waals surface area contributed by atoms with Crippen LogP contribution in [0.3, 0.4) is 0 Å². The molecule has 0 radical (unpaired) electrons. The molecule has 1 N–H and O–H groups in total. The third-order valence-corrected chi connectivity index (χ3v) is 4.27. The Balaban J connectivity index is 1.97. The Morgan fingerprint density at radius 2 is 1.90 bits per heavy atom. The quantitative estimate of drug-likeness (QED) is 0.878. The molecule has 1 aliphatic rings. The van der Waals surface area contributed by atoms with Gasteiger partial charge in [0.25, 0.3) is 0 Å². The summed E-state index contributed by atoms with van der Waals surface area (Å²) < 4.78 is 0. The molecule has 2 heteroatoms. The van der Waals surface area contributed by atoms with Crippen molar-refractivity contribution in [3.63, 3.8) is 0 Å². The fraction of sp³-hybridized carbons (Fsp3) is 0.667. The predicted octanol–water partition coefficient (Wildman–Crippen LogP) is 3.81. The molecule has 1 aliphatic heterocycles. The van der Waals surface area contributed by atoms with Crippen molar-refractivity contribution in [1.29, 1.82) is 0 Å². The third-order valence-electron chi connectivity index (χ3n) is 4.27. The van der Waals surface area contributed by atoms with Crippen LogP contribution in [-0.4, -0.2) is 23.5 Å². The van der Waals surface area contributed by atoms with Crippen LogP contribution in [0, 0.1) is 5.92 Å². The Morgan fingerprint density at radius 3 is 2.50 bits per heavy atom. The van der Waals surface area contributed by atoms with E-state index in [-0.39, 0.29) is 5.54 Å². The normalized spacial score (nSPS) is 20.5. The summed E-state index contributed by atoms with van der Waals surface area (Å²) in [5.74, 6) is 0.912. The van der Waals surface area contributed by atoms with E-state index in [9.17, 15) is 0 Å².